The van der Waals surface area contributed by atoms with E-state index in [2.05, 4.69) is 33.8 Å². The molecule has 0 unspecified atom stereocenters. The van der Waals surface area contributed by atoms with E-state index in [0.29, 0.717) is 0 Å². The van der Waals surface area contributed by atoms with Gasteiger partial charge in [-0.15, -0.1) is 0 Å². The van der Waals surface area contributed by atoms with E-state index in [1.54, 1.807) is 0 Å². The lowest BCUT2D eigenvalue weighted by molar-refractivity contribution is 0.254. The highest BCUT2D eigenvalue weighted by atomic mass is 79.9. The van der Waals surface area contributed by atoms with Gasteiger partial charge >= 0.3 is 0 Å². The smallest absolute Gasteiger partial charge is 0.0351 e. The van der Waals surface area contributed by atoms with E-state index in [0.717, 1.165) is 25.2 Å². The van der Waals surface area contributed by atoms with Crippen LogP contribution in [0.5, 0.6) is 0 Å². The molecule has 0 aromatic heterocycles. The Hall–Kier alpha value is -0.540. The number of fused-ring (bicyclic) bond motifs is 1. The van der Waals surface area contributed by atoms with Crippen LogP contribution in [0.25, 0.3) is 0 Å². The molecular weight excluding hydrogens is 252 g/mol. The van der Waals surface area contributed by atoms with E-state index in [-0.39, 0.29) is 0 Å². The number of nitrogens with zero attached hydrogens (tertiary/aromatic N) is 1. The number of nitrogen functional groups attached to an aromatic ring is 1. The van der Waals surface area contributed by atoms with Gasteiger partial charge in [0, 0.05) is 23.2 Å². The molecule has 1 aromatic carbocycles. The maximum Gasteiger partial charge on any atom is 0.0351 e. The highest BCUT2D eigenvalue weighted by molar-refractivity contribution is 9.10. The van der Waals surface area contributed by atoms with Gasteiger partial charge in [-0.1, -0.05) is 22.9 Å². The van der Waals surface area contributed by atoms with Crippen molar-refractivity contribution in [3.8, 4) is 0 Å². The lowest BCUT2D eigenvalue weighted by Gasteiger charge is -2.29. The Morgan fingerprint density at radius 3 is 2.93 bits per heavy atom. The molecule has 0 spiro atoms. The Labute approximate surface area is 99.6 Å². The third kappa shape index (κ3) is 2.18. The molecular formula is C12H17BrN2. The normalized spacial score (nSPS) is 16.4. The summed E-state index contributed by atoms with van der Waals surface area (Å²) in [4.78, 5) is 2.49. The quantitative estimate of drug-likeness (QED) is 0.836. The zero-order valence-corrected chi connectivity index (χ0v) is 10.7. The zero-order valence-electron chi connectivity index (χ0n) is 9.09. The van der Waals surface area contributed by atoms with Crippen LogP contribution in [0, 0.1) is 0 Å². The molecule has 1 heterocycles. The Balaban J connectivity index is 2.28. The predicted octanol–water partition coefficient (Wildman–Crippen LogP) is 2.80. The topological polar surface area (TPSA) is 29.3 Å². The highest BCUT2D eigenvalue weighted by Crippen LogP contribution is 2.30. The SMILES string of the molecule is CCCN1CCc2c(N)ccc(Br)c2C1. The molecule has 3 heteroatoms. The molecule has 0 amide bonds. The van der Waals surface area contributed by atoms with Gasteiger partial charge in [-0.2, -0.15) is 0 Å². The van der Waals surface area contributed by atoms with Gasteiger partial charge in [0.15, 0.2) is 0 Å². The number of nitrogens with two attached hydrogens (primary N) is 1. The molecule has 2 N–H and O–H groups in total. The summed E-state index contributed by atoms with van der Waals surface area (Å²) < 4.78 is 1.20. The minimum Gasteiger partial charge on any atom is -0.398 e. The number of hydrogen-bond donors (Lipinski definition) is 1. The zero-order chi connectivity index (χ0) is 10.8. The average Bonchev–Trinajstić information content (AvgIpc) is 2.24. The molecule has 82 valence electrons. The molecule has 0 saturated carbocycles. The van der Waals surface area contributed by atoms with Crippen molar-refractivity contribution >= 4 is 21.6 Å². The summed E-state index contributed by atoms with van der Waals surface area (Å²) in [7, 11) is 0. The lowest BCUT2D eigenvalue weighted by Crippen LogP contribution is -2.31. The Morgan fingerprint density at radius 2 is 2.20 bits per heavy atom. The van der Waals surface area contributed by atoms with Crippen molar-refractivity contribution < 1.29 is 0 Å². The van der Waals surface area contributed by atoms with Crippen molar-refractivity contribution in [3.63, 3.8) is 0 Å². The molecule has 1 aliphatic rings. The van der Waals surface area contributed by atoms with E-state index in [1.807, 2.05) is 6.07 Å². The Kier molecular flexibility index (Phi) is 3.32. The van der Waals surface area contributed by atoms with Gasteiger partial charge in [-0.3, -0.25) is 4.90 Å². The van der Waals surface area contributed by atoms with Gasteiger partial charge in [0.25, 0.3) is 0 Å². The predicted molar refractivity (Wildman–Crippen MR) is 67.8 cm³/mol. The average molecular weight is 269 g/mol. The summed E-state index contributed by atoms with van der Waals surface area (Å²) in [5.74, 6) is 0. The van der Waals surface area contributed by atoms with E-state index in [4.69, 9.17) is 5.73 Å². The fourth-order valence-electron chi connectivity index (χ4n) is 2.23. The molecule has 0 radical (unpaired) electrons. The fraction of sp³-hybridized carbons (Fsp3) is 0.500. The molecule has 15 heavy (non-hydrogen) atoms. The summed E-state index contributed by atoms with van der Waals surface area (Å²) >= 11 is 3.61. The van der Waals surface area contributed by atoms with Gasteiger partial charge in [0.1, 0.15) is 0 Å². The summed E-state index contributed by atoms with van der Waals surface area (Å²) in [6.07, 6.45) is 2.30. The van der Waals surface area contributed by atoms with Crippen LogP contribution in [0.4, 0.5) is 5.69 Å². The van der Waals surface area contributed by atoms with Crippen molar-refractivity contribution in [2.24, 2.45) is 0 Å². The van der Waals surface area contributed by atoms with E-state index in [9.17, 15) is 0 Å². The van der Waals surface area contributed by atoms with Gasteiger partial charge in [-0.25, -0.2) is 0 Å². The number of rotatable bonds is 2. The molecule has 2 rings (SSSR count). The maximum atomic E-state index is 5.99. The molecule has 0 bridgehead atoms. The molecule has 0 fully saturated rings. The number of benzene rings is 1. The summed E-state index contributed by atoms with van der Waals surface area (Å²) in [6.45, 7) is 5.58. The number of halogens is 1. The Morgan fingerprint density at radius 1 is 1.40 bits per heavy atom. The van der Waals surface area contributed by atoms with Crippen molar-refractivity contribution in [1.82, 2.24) is 4.90 Å². The minimum absolute atomic E-state index is 0.948. The van der Waals surface area contributed by atoms with Crippen LogP contribution in [-0.2, 0) is 13.0 Å². The first-order valence-corrected chi connectivity index (χ1v) is 6.29. The van der Waals surface area contributed by atoms with Crippen LogP contribution in [0.15, 0.2) is 16.6 Å². The van der Waals surface area contributed by atoms with Crippen molar-refractivity contribution in [3.05, 3.63) is 27.7 Å². The van der Waals surface area contributed by atoms with Crippen molar-refractivity contribution in [2.75, 3.05) is 18.8 Å². The second-order valence-electron chi connectivity index (χ2n) is 4.12. The molecule has 1 aromatic rings. The largest absolute Gasteiger partial charge is 0.398 e. The summed E-state index contributed by atoms with van der Waals surface area (Å²) in [6, 6.07) is 4.06. The van der Waals surface area contributed by atoms with Crippen LogP contribution < -0.4 is 5.73 Å². The van der Waals surface area contributed by atoms with Gasteiger partial charge in [0.2, 0.25) is 0 Å². The third-order valence-electron chi connectivity index (χ3n) is 3.01. The summed E-state index contributed by atoms with van der Waals surface area (Å²) in [5, 5.41) is 0. The standard InChI is InChI=1S/C12H17BrN2/c1-2-6-15-7-5-9-10(8-15)11(13)3-4-12(9)14/h3-4H,2,5-8,14H2,1H3. The lowest BCUT2D eigenvalue weighted by atomic mass is 9.98. The fourth-order valence-corrected chi connectivity index (χ4v) is 2.73. The first kappa shape index (κ1) is 11.0. The van der Waals surface area contributed by atoms with Gasteiger partial charge in [0.05, 0.1) is 0 Å². The monoisotopic (exact) mass is 268 g/mol. The third-order valence-corrected chi connectivity index (χ3v) is 3.75. The minimum atomic E-state index is 0.948. The molecule has 0 saturated heterocycles. The molecule has 2 nitrogen and oxygen atoms in total. The van der Waals surface area contributed by atoms with Crippen LogP contribution in [-0.4, -0.2) is 18.0 Å². The van der Waals surface area contributed by atoms with E-state index in [1.165, 1.54) is 28.6 Å². The Bertz CT molecular complexity index is 363. The van der Waals surface area contributed by atoms with Crippen molar-refractivity contribution in [1.29, 1.82) is 0 Å². The first-order chi connectivity index (χ1) is 7.22. The molecule has 0 aliphatic carbocycles. The van der Waals surface area contributed by atoms with E-state index < -0.39 is 0 Å². The van der Waals surface area contributed by atoms with Gasteiger partial charge < -0.3 is 5.73 Å². The van der Waals surface area contributed by atoms with Crippen LogP contribution in [0.1, 0.15) is 24.5 Å². The van der Waals surface area contributed by atoms with Crippen molar-refractivity contribution in [2.45, 2.75) is 26.3 Å². The second-order valence-corrected chi connectivity index (χ2v) is 4.97. The van der Waals surface area contributed by atoms with E-state index >= 15 is 0 Å². The van der Waals surface area contributed by atoms with Crippen LogP contribution >= 0.6 is 15.9 Å². The highest BCUT2D eigenvalue weighted by Gasteiger charge is 2.19. The second kappa shape index (κ2) is 4.54. The van der Waals surface area contributed by atoms with Gasteiger partial charge in [-0.05, 0) is 42.6 Å². The number of anilines is 1. The summed E-state index contributed by atoms with van der Waals surface area (Å²) in [5.41, 5.74) is 9.67. The van der Waals surface area contributed by atoms with Crippen LogP contribution in [0.2, 0.25) is 0 Å². The molecule has 1 aliphatic heterocycles. The number of hydrogen-bond acceptors (Lipinski definition) is 2. The maximum absolute atomic E-state index is 5.99. The molecule has 0 atom stereocenters. The first-order valence-electron chi connectivity index (χ1n) is 5.50. The van der Waals surface area contributed by atoms with Crippen LogP contribution in [0.3, 0.4) is 0 Å².